The van der Waals surface area contributed by atoms with E-state index in [-0.39, 0.29) is 11.5 Å². The highest BCUT2D eigenvalue weighted by Gasteiger charge is 2.03. The Kier molecular flexibility index (Phi) is 8.52. The van der Waals surface area contributed by atoms with Crippen molar-refractivity contribution in [3.8, 4) is 0 Å². The molecule has 2 nitrogen and oxygen atoms in total. The van der Waals surface area contributed by atoms with Crippen LogP contribution in [0.5, 0.6) is 0 Å². The van der Waals surface area contributed by atoms with Gasteiger partial charge < -0.3 is 0 Å². The molecular formula is C9H16O2S3. The smallest absolute Gasteiger partial charge is 0.157 e. The summed E-state index contributed by atoms with van der Waals surface area (Å²) in [7, 11) is 0.363. The molecule has 0 aromatic heterocycles. The maximum atomic E-state index is 11.2. The van der Waals surface area contributed by atoms with Crippen molar-refractivity contribution < 1.29 is 8.42 Å². The van der Waals surface area contributed by atoms with E-state index in [0.29, 0.717) is 0 Å². The van der Waals surface area contributed by atoms with Crippen molar-refractivity contribution >= 4 is 31.4 Å². The Balaban J connectivity index is 3.65. The van der Waals surface area contributed by atoms with Gasteiger partial charge in [-0.3, -0.25) is 0 Å². The third-order valence-electron chi connectivity index (χ3n) is 1.23. The van der Waals surface area contributed by atoms with Crippen LogP contribution in [-0.4, -0.2) is 25.7 Å². The molecule has 0 aromatic carbocycles. The van der Waals surface area contributed by atoms with Crippen LogP contribution in [0.1, 0.15) is 13.3 Å². The summed E-state index contributed by atoms with van der Waals surface area (Å²) in [4.78, 5) is 0. The highest BCUT2D eigenvalue weighted by molar-refractivity contribution is 8.77. The summed E-state index contributed by atoms with van der Waals surface area (Å²) in [6.45, 7) is 5.52. The van der Waals surface area contributed by atoms with Gasteiger partial charge in [0.1, 0.15) is 0 Å². The molecule has 0 saturated heterocycles. The normalized spacial score (nSPS) is 12.1. The van der Waals surface area contributed by atoms with Crippen molar-refractivity contribution in [2.24, 2.45) is 0 Å². The van der Waals surface area contributed by atoms with Crippen LogP contribution in [0.25, 0.3) is 0 Å². The topological polar surface area (TPSA) is 34.1 Å². The first-order valence-corrected chi connectivity index (χ1v) is 8.57. The van der Waals surface area contributed by atoms with Gasteiger partial charge in [-0.25, -0.2) is 8.42 Å². The Morgan fingerprint density at radius 3 is 2.64 bits per heavy atom. The molecule has 0 aliphatic carbocycles. The van der Waals surface area contributed by atoms with Crippen LogP contribution in [0.2, 0.25) is 0 Å². The fraction of sp³-hybridized carbons (Fsp3) is 0.556. The summed E-state index contributed by atoms with van der Waals surface area (Å²) >= 11 is 0. The zero-order valence-electron chi connectivity index (χ0n) is 8.31. The molecule has 0 spiro atoms. The molecule has 0 N–H and O–H groups in total. The van der Waals surface area contributed by atoms with Crippen LogP contribution in [0.15, 0.2) is 24.1 Å². The van der Waals surface area contributed by atoms with Gasteiger partial charge in [0.25, 0.3) is 0 Å². The van der Waals surface area contributed by atoms with Crippen molar-refractivity contribution in [3.05, 3.63) is 24.1 Å². The predicted molar refractivity (Wildman–Crippen MR) is 68.3 cm³/mol. The molecule has 0 rings (SSSR count). The van der Waals surface area contributed by atoms with Gasteiger partial charge in [0, 0.05) is 5.75 Å². The quantitative estimate of drug-likeness (QED) is 0.378. The van der Waals surface area contributed by atoms with Crippen molar-refractivity contribution in [2.75, 3.05) is 17.3 Å². The molecule has 0 amide bonds. The average molecular weight is 252 g/mol. The maximum Gasteiger partial charge on any atom is 0.157 e. The largest absolute Gasteiger partial charge is 0.228 e. The third kappa shape index (κ3) is 8.72. The van der Waals surface area contributed by atoms with Gasteiger partial charge in [-0.05, 0) is 11.8 Å². The van der Waals surface area contributed by atoms with Gasteiger partial charge in [-0.15, -0.1) is 6.58 Å². The van der Waals surface area contributed by atoms with Crippen molar-refractivity contribution in [1.29, 1.82) is 0 Å². The molecule has 0 heterocycles. The molecule has 0 saturated carbocycles. The predicted octanol–water partition coefficient (Wildman–Crippen LogP) is 2.89. The van der Waals surface area contributed by atoms with Gasteiger partial charge >= 0.3 is 0 Å². The lowest BCUT2D eigenvalue weighted by Gasteiger charge is -1.95. The molecule has 0 atom stereocenters. The van der Waals surface area contributed by atoms with E-state index in [9.17, 15) is 8.42 Å². The SMILES string of the molecule is C=CCS(=O)(=O)CC=CSSCCC. The van der Waals surface area contributed by atoms with E-state index in [0.717, 1.165) is 12.2 Å². The van der Waals surface area contributed by atoms with Gasteiger partial charge in [0.2, 0.25) is 0 Å². The van der Waals surface area contributed by atoms with E-state index in [1.54, 1.807) is 27.7 Å². The molecule has 0 unspecified atom stereocenters. The summed E-state index contributed by atoms with van der Waals surface area (Å²) < 4.78 is 22.4. The van der Waals surface area contributed by atoms with Gasteiger partial charge in [-0.2, -0.15) is 0 Å². The maximum absolute atomic E-state index is 11.2. The van der Waals surface area contributed by atoms with Gasteiger partial charge in [0.05, 0.1) is 11.5 Å². The first-order valence-electron chi connectivity index (χ1n) is 4.37. The fourth-order valence-corrected chi connectivity index (χ4v) is 3.43. The first kappa shape index (κ1) is 14.1. The second-order valence-electron chi connectivity index (χ2n) is 2.66. The Hall–Kier alpha value is 0.130. The molecule has 0 aromatic rings. The molecule has 82 valence electrons. The van der Waals surface area contributed by atoms with E-state index in [4.69, 9.17) is 0 Å². The number of sulfone groups is 1. The van der Waals surface area contributed by atoms with E-state index in [1.165, 1.54) is 6.08 Å². The van der Waals surface area contributed by atoms with Crippen molar-refractivity contribution in [2.45, 2.75) is 13.3 Å². The molecule has 5 heteroatoms. The molecule has 0 radical (unpaired) electrons. The third-order valence-corrected chi connectivity index (χ3v) is 4.93. The molecule has 0 fully saturated rings. The lowest BCUT2D eigenvalue weighted by atomic mass is 10.6. The summed E-state index contributed by atoms with van der Waals surface area (Å²) in [5.41, 5.74) is 0. The molecule has 14 heavy (non-hydrogen) atoms. The standard InChI is InChI=1S/C9H16O2S3/c1-3-6-12-13-7-5-9-14(10,11)8-4-2/h4-5,7H,2-3,6,8-9H2,1H3. The minimum Gasteiger partial charge on any atom is -0.228 e. The van der Waals surface area contributed by atoms with Crippen LogP contribution in [0, 0.1) is 0 Å². The Bertz CT molecular complexity index is 268. The summed E-state index contributed by atoms with van der Waals surface area (Å²) in [5, 5.41) is 1.83. The highest BCUT2D eigenvalue weighted by Crippen LogP contribution is 2.22. The Morgan fingerprint density at radius 2 is 2.07 bits per heavy atom. The van der Waals surface area contributed by atoms with Gasteiger partial charge in [-0.1, -0.05) is 40.7 Å². The highest BCUT2D eigenvalue weighted by atomic mass is 33.1. The van der Waals surface area contributed by atoms with Crippen molar-refractivity contribution in [1.82, 2.24) is 0 Å². The molecule has 0 aliphatic rings. The molecule has 0 aliphatic heterocycles. The molecular weight excluding hydrogens is 236 g/mol. The Labute approximate surface area is 94.6 Å². The number of hydrogen-bond acceptors (Lipinski definition) is 4. The second-order valence-corrected chi connectivity index (χ2v) is 7.20. The number of rotatable bonds is 8. The summed E-state index contributed by atoms with van der Waals surface area (Å²) in [5.74, 6) is 1.26. The monoisotopic (exact) mass is 252 g/mol. The van der Waals surface area contributed by atoms with E-state index in [1.807, 2.05) is 5.41 Å². The summed E-state index contributed by atoms with van der Waals surface area (Å²) in [6.07, 6.45) is 4.24. The van der Waals surface area contributed by atoms with Crippen LogP contribution in [-0.2, 0) is 9.84 Å². The van der Waals surface area contributed by atoms with Crippen LogP contribution < -0.4 is 0 Å². The zero-order chi connectivity index (χ0) is 10.9. The van der Waals surface area contributed by atoms with Gasteiger partial charge in [0.15, 0.2) is 9.84 Å². The van der Waals surface area contributed by atoms with E-state index >= 15 is 0 Å². The average Bonchev–Trinajstić information content (AvgIpc) is 2.11. The van der Waals surface area contributed by atoms with Crippen molar-refractivity contribution in [3.63, 3.8) is 0 Å². The summed E-state index contributed by atoms with van der Waals surface area (Å²) in [6, 6.07) is 0. The number of hydrogen-bond donors (Lipinski definition) is 0. The lowest BCUT2D eigenvalue weighted by molar-refractivity contribution is 0.602. The van der Waals surface area contributed by atoms with E-state index in [2.05, 4.69) is 13.5 Å². The van der Waals surface area contributed by atoms with Crippen LogP contribution in [0.3, 0.4) is 0 Å². The minimum absolute atomic E-state index is 0.0596. The minimum atomic E-state index is -2.95. The van der Waals surface area contributed by atoms with E-state index < -0.39 is 9.84 Å². The van der Waals surface area contributed by atoms with Crippen LogP contribution in [0.4, 0.5) is 0 Å². The lowest BCUT2D eigenvalue weighted by Crippen LogP contribution is -2.06. The second kappa shape index (κ2) is 8.44. The Morgan fingerprint density at radius 1 is 1.36 bits per heavy atom. The fourth-order valence-electron chi connectivity index (χ4n) is 0.644. The zero-order valence-corrected chi connectivity index (χ0v) is 10.8. The van der Waals surface area contributed by atoms with Crippen LogP contribution >= 0.6 is 21.6 Å². The first-order chi connectivity index (χ1) is 6.62. The molecule has 0 bridgehead atoms.